The Bertz CT molecular complexity index is 500. The third-order valence-electron chi connectivity index (χ3n) is 4.18. The van der Waals surface area contributed by atoms with Gasteiger partial charge in [0.15, 0.2) is 0 Å². The highest BCUT2D eigenvalue weighted by Crippen LogP contribution is 2.37. The lowest BCUT2D eigenvalue weighted by atomic mass is 9.77. The van der Waals surface area contributed by atoms with E-state index in [0.29, 0.717) is 11.8 Å². The minimum atomic E-state index is 0.0736. The fraction of sp³-hybridized carbons (Fsp3) is 0.562. The summed E-state index contributed by atoms with van der Waals surface area (Å²) in [6.07, 6.45) is 2.19. The molecule has 1 amide bonds. The minimum absolute atomic E-state index is 0.0736. The highest BCUT2D eigenvalue weighted by atomic mass is 16.2. The lowest BCUT2D eigenvalue weighted by Crippen LogP contribution is -2.45. The molecule has 0 atom stereocenters. The molecule has 0 bridgehead atoms. The van der Waals surface area contributed by atoms with E-state index in [-0.39, 0.29) is 5.41 Å². The van der Waals surface area contributed by atoms with Crippen LogP contribution in [0.3, 0.4) is 0 Å². The first-order chi connectivity index (χ1) is 8.47. The van der Waals surface area contributed by atoms with Crippen molar-refractivity contribution >= 4 is 5.91 Å². The van der Waals surface area contributed by atoms with Crippen molar-refractivity contribution in [3.63, 3.8) is 0 Å². The topological polar surface area (TPSA) is 20.3 Å². The molecule has 0 aromatic heterocycles. The standard InChI is InChI=1S/C16H21NO/c1-11-4-5-13-9-17(15(18)12-6-7-12)10-16(2,3)14(13)8-11/h4-5,8,12H,6-7,9-10H2,1-3H3. The number of carbonyl (C=O) groups is 1. The number of hydrogen-bond donors (Lipinski definition) is 0. The molecule has 1 aromatic carbocycles. The molecule has 0 spiro atoms. The van der Waals surface area contributed by atoms with Crippen molar-refractivity contribution in [2.45, 2.75) is 45.6 Å². The number of amides is 1. The van der Waals surface area contributed by atoms with E-state index in [1.807, 2.05) is 0 Å². The Hall–Kier alpha value is -1.31. The molecule has 2 heteroatoms. The molecule has 1 fully saturated rings. The minimum Gasteiger partial charge on any atom is -0.337 e. The normalized spacial score (nSPS) is 21.6. The summed E-state index contributed by atoms with van der Waals surface area (Å²) in [6, 6.07) is 6.63. The quantitative estimate of drug-likeness (QED) is 0.742. The maximum absolute atomic E-state index is 12.3. The van der Waals surface area contributed by atoms with Gasteiger partial charge in [0.25, 0.3) is 0 Å². The van der Waals surface area contributed by atoms with Crippen molar-refractivity contribution in [3.8, 4) is 0 Å². The van der Waals surface area contributed by atoms with E-state index >= 15 is 0 Å². The summed E-state index contributed by atoms with van der Waals surface area (Å²) in [5, 5.41) is 0. The zero-order valence-electron chi connectivity index (χ0n) is 11.5. The largest absolute Gasteiger partial charge is 0.337 e. The zero-order valence-corrected chi connectivity index (χ0v) is 11.5. The second kappa shape index (κ2) is 3.84. The van der Waals surface area contributed by atoms with E-state index in [1.54, 1.807) is 0 Å². The van der Waals surface area contributed by atoms with Crippen molar-refractivity contribution in [1.29, 1.82) is 0 Å². The van der Waals surface area contributed by atoms with Crippen LogP contribution in [0, 0.1) is 12.8 Å². The molecule has 1 aromatic rings. The molecule has 3 rings (SSSR count). The van der Waals surface area contributed by atoms with Gasteiger partial charge < -0.3 is 4.90 Å². The van der Waals surface area contributed by atoms with Gasteiger partial charge >= 0.3 is 0 Å². The van der Waals surface area contributed by atoms with E-state index < -0.39 is 0 Å². The lowest BCUT2D eigenvalue weighted by molar-refractivity contribution is -0.134. The van der Waals surface area contributed by atoms with E-state index in [2.05, 4.69) is 43.9 Å². The Morgan fingerprint density at radius 3 is 2.72 bits per heavy atom. The molecule has 2 aliphatic rings. The number of benzene rings is 1. The average Bonchev–Trinajstić information content (AvgIpc) is 3.12. The monoisotopic (exact) mass is 243 g/mol. The number of fused-ring (bicyclic) bond motifs is 1. The molecule has 0 N–H and O–H groups in total. The first kappa shape index (κ1) is 11.8. The molecular formula is C16H21NO. The number of carbonyl (C=O) groups excluding carboxylic acids is 1. The molecule has 0 radical (unpaired) electrons. The molecule has 2 nitrogen and oxygen atoms in total. The maximum Gasteiger partial charge on any atom is 0.226 e. The molecule has 1 saturated carbocycles. The fourth-order valence-corrected chi connectivity index (χ4v) is 3.03. The van der Waals surface area contributed by atoms with Gasteiger partial charge in [0.05, 0.1) is 0 Å². The van der Waals surface area contributed by atoms with E-state index in [9.17, 15) is 4.79 Å². The van der Waals surface area contributed by atoms with Gasteiger partial charge in [0.1, 0.15) is 0 Å². The predicted molar refractivity (Wildman–Crippen MR) is 72.3 cm³/mol. The highest BCUT2D eigenvalue weighted by Gasteiger charge is 2.39. The Morgan fingerprint density at radius 2 is 2.06 bits per heavy atom. The van der Waals surface area contributed by atoms with Crippen LogP contribution < -0.4 is 0 Å². The average molecular weight is 243 g/mol. The second-order valence-corrected chi connectivity index (χ2v) is 6.51. The Morgan fingerprint density at radius 1 is 1.33 bits per heavy atom. The van der Waals surface area contributed by atoms with Gasteiger partial charge in [-0.1, -0.05) is 37.6 Å². The molecule has 0 unspecified atom stereocenters. The Labute approximate surface area is 109 Å². The van der Waals surface area contributed by atoms with Gasteiger partial charge in [-0.25, -0.2) is 0 Å². The van der Waals surface area contributed by atoms with E-state index in [1.165, 1.54) is 16.7 Å². The summed E-state index contributed by atoms with van der Waals surface area (Å²) in [5.41, 5.74) is 4.13. The molecule has 96 valence electrons. The molecule has 1 aliphatic carbocycles. The van der Waals surface area contributed by atoms with Crippen LogP contribution in [0.2, 0.25) is 0 Å². The molecular weight excluding hydrogens is 222 g/mol. The van der Waals surface area contributed by atoms with Gasteiger partial charge in [-0.15, -0.1) is 0 Å². The lowest BCUT2D eigenvalue weighted by Gasteiger charge is -2.40. The van der Waals surface area contributed by atoms with Crippen LogP contribution in [-0.4, -0.2) is 17.4 Å². The van der Waals surface area contributed by atoms with Gasteiger partial charge in [-0.2, -0.15) is 0 Å². The SMILES string of the molecule is Cc1ccc2c(c1)C(C)(C)CN(C(=O)C1CC1)C2. The Balaban J connectivity index is 1.94. The molecule has 1 heterocycles. The van der Waals surface area contributed by atoms with Crippen molar-refractivity contribution in [3.05, 3.63) is 34.9 Å². The number of hydrogen-bond acceptors (Lipinski definition) is 1. The third kappa shape index (κ3) is 1.94. The van der Waals surface area contributed by atoms with Crippen LogP contribution in [0.5, 0.6) is 0 Å². The van der Waals surface area contributed by atoms with Gasteiger partial charge in [0.2, 0.25) is 5.91 Å². The summed E-state index contributed by atoms with van der Waals surface area (Å²) < 4.78 is 0. The van der Waals surface area contributed by atoms with Crippen LogP contribution in [0.25, 0.3) is 0 Å². The first-order valence-electron chi connectivity index (χ1n) is 6.86. The summed E-state index contributed by atoms with van der Waals surface area (Å²) in [4.78, 5) is 14.3. The highest BCUT2D eigenvalue weighted by molar-refractivity contribution is 5.81. The third-order valence-corrected chi connectivity index (χ3v) is 4.18. The second-order valence-electron chi connectivity index (χ2n) is 6.51. The molecule has 0 saturated heterocycles. The van der Waals surface area contributed by atoms with Gasteiger partial charge in [0, 0.05) is 24.4 Å². The Kier molecular flexibility index (Phi) is 2.51. The molecule has 18 heavy (non-hydrogen) atoms. The van der Waals surface area contributed by atoms with Crippen LogP contribution in [0.4, 0.5) is 0 Å². The van der Waals surface area contributed by atoms with Crippen LogP contribution in [0.15, 0.2) is 18.2 Å². The number of aryl methyl sites for hydroxylation is 1. The first-order valence-corrected chi connectivity index (χ1v) is 6.86. The number of rotatable bonds is 1. The van der Waals surface area contributed by atoms with E-state index in [4.69, 9.17) is 0 Å². The fourth-order valence-electron chi connectivity index (χ4n) is 3.03. The van der Waals surface area contributed by atoms with Crippen molar-refractivity contribution in [2.24, 2.45) is 5.92 Å². The van der Waals surface area contributed by atoms with Gasteiger partial charge in [-0.05, 0) is 30.9 Å². The van der Waals surface area contributed by atoms with Crippen molar-refractivity contribution in [2.75, 3.05) is 6.54 Å². The van der Waals surface area contributed by atoms with Crippen molar-refractivity contribution in [1.82, 2.24) is 4.90 Å². The summed E-state index contributed by atoms with van der Waals surface area (Å²) in [7, 11) is 0. The van der Waals surface area contributed by atoms with Crippen LogP contribution >= 0.6 is 0 Å². The summed E-state index contributed by atoms with van der Waals surface area (Å²) in [5.74, 6) is 0.696. The maximum atomic E-state index is 12.3. The number of nitrogens with zero attached hydrogens (tertiary/aromatic N) is 1. The van der Waals surface area contributed by atoms with Crippen molar-refractivity contribution < 1.29 is 4.79 Å². The molecule has 1 aliphatic heterocycles. The zero-order chi connectivity index (χ0) is 12.9. The van der Waals surface area contributed by atoms with Crippen LogP contribution in [-0.2, 0) is 16.8 Å². The van der Waals surface area contributed by atoms with E-state index in [0.717, 1.165) is 25.9 Å². The predicted octanol–water partition coefficient (Wildman–Crippen LogP) is 3.02. The van der Waals surface area contributed by atoms with Crippen LogP contribution in [0.1, 0.15) is 43.4 Å². The van der Waals surface area contributed by atoms with Gasteiger partial charge in [-0.3, -0.25) is 4.79 Å². The summed E-state index contributed by atoms with van der Waals surface area (Å²) in [6.45, 7) is 8.29. The smallest absolute Gasteiger partial charge is 0.226 e. The summed E-state index contributed by atoms with van der Waals surface area (Å²) >= 11 is 0.